The molecule has 0 fully saturated rings. The van der Waals surface area contributed by atoms with Crippen molar-refractivity contribution in [2.75, 3.05) is 6.54 Å². The number of nitrogens with one attached hydrogen (secondary N) is 2. The molecule has 2 N–H and O–H groups in total. The normalized spacial score (nSPS) is 11.6. The summed E-state index contributed by atoms with van der Waals surface area (Å²) in [6.07, 6.45) is 5.16. The molecule has 0 aliphatic rings. The van der Waals surface area contributed by atoms with E-state index >= 15 is 0 Å². The third-order valence-electron chi connectivity index (χ3n) is 2.81. The molecule has 1 heterocycles. The lowest BCUT2D eigenvalue weighted by atomic mass is 10.0. The van der Waals surface area contributed by atoms with Gasteiger partial charge in [-0.2, -0.15) is 5.10 Å². The molecular formula is C17H21N3O2. The third-order valence-corrected chi connectivity index (χ3v) is 2.81. The average molecular weight is 299 g/mol. The number of amides is 1. The number of aromatic nitrogens is 2. The number of hydrogen-bond donors (Lipinski definition) is 2. The van der Waals surface area contributed by atoms with Crippen molar-refractivity contribution >= 4 is 12.2 Å². The maximum absolute atomic E-state index is 11.5. The minimum absolute atomic E-state index is 0.409. The van der Waals surface area contributed by atoms with Crippen LogP contribution in [0.25, 0.3) is 17.3 Å². The van der Waals surface area contributed by atoms with Crippen LogP contribution >= 0.6 is 0 Å². The zero-order valence-corrected chi connectivity index (χ0v) is 13.1. The van der Waals surface area contributed by atoms with Crippen molar-refractivity contribution in [3.63, 3.8) is 0 Å². The molecule has 0 radical (unpaired) electrons. The molecule has 5 heteroatoms. The Kier molecular flexibility index (Phi) is 4.99. The van der Waals surface area contributed by atoms with Crippen molar-refractivity contribution in [1.29, 1.82) is 0 Å². The second-order valence-corrected chi connectivity index (χ2v) is 5.84. The fraction of sp³-hybridized carbons (Fsp3) is 0.294. The van der Waals surface area contributed by atoms with Gasteiger partial charge in [-0.05, 0) is 32.4 Å². The Morgan fingerprint density at radius 1 is 1.32 bits per heavy atom. The smallest absolute Gasteiger partial charge is 0.407 e. The number of nitrogens with zero attached hydrogens (tertiary/aromatic N) is 1. The predicted molar refractivity (Wildman–Crippen MR) is 87.3 cm³/mol. The minimum atomic E-state index is -0.485. The first-order valence-electron chi connectivity index (χ1n) is 7.18. The van der Waals surface area contributed by atoms with E-state index in [1.54, 1.807) is 6.20 Å². The van der Waals surface area contributed by atoms with Crippen LogP contribution < -0.4 is 5.32 Å². The van der Waals surface area contributed by atoms with Crippen LogP contribution in [0.4, 0.5) is 4.79 Å². The van der Waals surface area contributed by atoms with E-state index in [4.69, 9.17) is 4.74 Å². The molecule has 1 aromatic carbocycles. The van der Waals surface area contributed by atoms with E-state index in [-0.39, 0.29) is 0 Å². The lowest BCUT2D eigenvalue weighted by Crippen LogP contribution is -2.32. The number of aromatic amines is 1. The summed E-state index contributed by atoms with van der Waals surface area (Å²) in [5.74, 6) is 0. The first kappa shape index (κ1) is 15.8. The quantitative estimate of drug-likeness (QED) is 0.906. The van der Waals surface area contributed by atoms with E-state index in [2.05, 4.69) is 15.5 Å². The Hall–Kier alpha value is -2.56. The molecule has 0 atom stereocenters. The number of ether oxygens (including phenoxy) is 1. The van der Waals surface area contributed by atoms with Gasteiger partial charge in [-0.1, -0.05) is 36.4 Å². The molecule has 1 aromatic heterocycles. The molecule has 116 valence electrons. The van der Waals surface area contributed by atoms with Crippen LogP contribution in [0.5, 0.6) is 0 Å². The van der Waals surface area contributed by atoms with E-state index in [0.717, 1.165) is 16.8 Å². The Labute approximate surface area is 130 Å². The summed E-state index contributed by atoms with van der Waals surface area (Å²) in [5, 5.41) is 9.62. The van der Waals surface area contributed by atoms with Gasteiger partial charge in [0.2, 0.25) is 0 Å². The SMILES string of the molecule is CC(C)(C)OC(=O)NCC=Cc1ccccc1-c1ccn[nH]1. The molecule has 22 heavy (non-hydrogen) atoms. The Bertz CT molecular complexity index is 640. The summed E-state index contributed by atoms with van der Waals surface area (Å²) in [4.78, 5) is 11.5. The van der Waals surface area contributed by atoms with E-state index < -0.39 is 11.7 Å². The third kappa shape index (κ3) is 4.77. The Balaban J connectivity index is 1.96. The molecule has 0 aliphatic carbocycles. The molecule has 2 rings (SSSR count). The Morgan fingerprint density at radius 3 is 2.77 bits per heavy atom. The summed E-state index contributed by atoms with van der Waals surface area (Å²) in [5.41, 5.74) is 2.59. The van der Waals surface area contributed by atoms with Gasteiger partial charge in [0.25, 0.3) is 0 Å². The van der Waals surface area contributed by atoms with Gasteiger partial charge in [-0.15, -0.1) is 0 Å². The molecule has 0 unspecified atom stereocenters. The summed E-state index contributed by atoms with van der Waals surface area (Å²) >= 11 is 0. The van der Waals surface area contributed by atoms with Crippen LogP contribution in [0.2, 0.25) is 0 Å². The van der Waals surface area contributed by atoms with Crippen LogP contribution in [0, 0.1) is 0 Å². The largest absolute Gasteiger partial charge is 0.444 e. The van der Waals surface area contributed by atoms with Gasteiger partial charge in [-0.3, -0.25) is 5.10 Å². The molecule has 0 bridgehead atoms. The number of carbonyl (C=O) groups is 1. The van der Waals surface area contributed by atoms with Crippen LogP contribution in [0.3, 0.4) is 0 Å². The molecular weight excluding hydrogens is 278 g/mol. The molecule has 1 amide bonds. The summed E-state index contributed by atoms with van der Waals surface area (Å²) in [6, 6.07) is 9.91. The predicted octanol–water partition coefficient (Wildman–Crippen LogP) is 3.61. The van der Waals surface area contributed by atoms with Crippen molar-refractivity contribution in [1.82, 2.24) is 15.5 Å². The number of carbonyl (C=O) groups excluding carboxylic acids is 1. The topological polar surface area (TPSA) is 67.0 Å². The summed E-state index contributed by atoms with van der Waals surface area (Å²) in [6.45, 7) is 5.92. The van der Waals surface area contributed by atoms with E-state index in [9.17, 15) is 4.79 Å². The fourth-order valence-electron chi connectivity index (χ4n) is 1.94. The molecule has 5 nitrogen and oxygen atoms in total. The van der Waals surface area contributed by atoms with Gasteiger partial charge in [0.1, 0.15) is 5.60 Å². The zero-order valence-electron chi connectivity index (χ0n) is 13.1. The van der Waals surface area contributed by atoms with E-state index in [1.165, 1.54) is 0 Å². The second kappa shape index (κ2) is 6.93. The van der Waals surface area contributed by atoms with Gasteiger partial charge in [0.05, 0.1) is 5.69 Å². The fourth-order valence-corrected chi connectivity index (χ4v) is 1.94. The van der Waals surface area contributed by atoms with Crippen LogP contribution in [-0.4, -0.2) is 28.4 Å². The average Bonchev–Trinajstić information content (AvgIpc) is 2.96. The maximum Gasteiger partial charge on any atom is 0.407 e. The first-order chi connectivity index (χ1) is 10.5. The second-order valence-electron chi connectivity index (χ2n) is 5.84. The molecule has 0 saturated heterocycles. The van der Waals surface area contributed by atoms with Crippen molar-refractivity contribution in [3.05, 3.63) is 48.2 Å². The van der Waals surface area contributed by atoms with Gasteiger partial charge in [0.15, 0.2) is 0 Å². The van der Waals surface area contributed by atoms with Gasteiger partial charge in [0, 0.05) is 18.3 Å². The number of hydrogen-bond acceptors (Lipinski definition) is 3. The highest BCUT2D eigenvalue weighted by molar-refractivity contribution is 5.73. The number of benzene rings is 1. The standard InChI is InChI=1S/C17H21N3O2/c1-17(2,3)22-16(21)18-11-6-8-13-7-4-5-9-14(13)15-10-12-19-20-15/h4-10,12H,11H2,1-3H3,(H,18,21)(H,19,20). The van der Waals surface area contributed by atoms with Crippen molar-refractivity contribution in [3.8, 4) is 11.3 Å². The van der Waals surface area contributed by atoms with Gasteiger partial charge in [-0.25, -0.2) is 4.79 Å². The van der Waals surface area contributed by atoms with Crippen molar-refractivity contribution in [2.45, 2.75) is 26.4 Å². The molecule has 2 aromatic rings. The van der Waals surface area contributed by atoms with Crippen molar-refractivity contribution in [2.24, 2.45) is 0 Å². The Morgan fingerprint density at radius 2 is 2.09 bits per heavy atom. The minimum Gasteiger partial charge on any atom is -0.444 e. The first-order valence-corrected chi connectivity index (χ1v) is 7.18. The lowest BCUT2D eigenvalue weighted by Gasteiger charge is -2.19. The zero-order chi connectivity index (χ0) is 16.0. The van der Waals surface area contributed by atoms with E-state index in [1.807, 2.05) is 63.3 Å². The molecule has 0 aliphatic heterocycles. The van der Waals surface area contributed by atoms with Crippen LogP contribution in [-0.2, 0) is 4.74 Å². The highest BCUT2D eigenvalue weighted by Crippen LogP contribution is 2.22. The highest BCUT2D eigenvalue weighted by atomic mass is 16.6. The van der Waals surface area contributed by atoms with E-state index in [0.29, 0.717) is 6.54 Å². The maximum atomic E-state index is 11.5. The summed E-state index contributed by atoms with van der Waals surface area (Å²) < 4.78 is 5.18. The van der Waals surface area contributed by atoms with Gasteiger partial charge < -0.3 is 10.1 Å². The lowest BCUT2D eigenvalue weighted by molar-refractivity contribution is 0.0534. The summed E-state index contributed by atoms with van der Waals surface area (Å²) in [7, 11) is 0. The number of H-pyrrole nitrogens is 1. The van der Waals surface area contributed by atoms with Crippen LogP contribution in [0.1, 0.15) is 26.3 Å². The monoisotopic (exact) mass is 299 g/mol. The molecule has 0 saturated carbocycles. The van der Waals surface area contributed by atoms with Crippen LogP contribution in [0.15, 0.2) is 42.6 Å². The molecule has 0 spiro atoms. The highest BCUT2D eigenvalue weighted by Gasteiger charge is 2.14. The number of rotatable bonds is 4. The van der Waals surface area contributed by atoms with Crippen molar-refractivity contribution < 1.29 is 9.53 Å². The van der Waals surface area contributed by atoms with Gasteiger partial charge >= 0.3 is 6.09 Å². The number of alkyl carbamates (subject to hydrolysis) is 1.